The van der Waals surface area contributed by atoms with E-state index in [1.54, 1.807) is 0 Å². The minimum atomic E-state index is 0.0876. The van der Waals surface area contributed by atoms with Crippen LogP contribution in [-0.4, -0.2) is 67.8 Å². The molecule has 5 heterocycles. The van der Waals surface area contributed by atoms with Crippen LogP contribution in [0.3, 0.4) is 0 Å². The second-order valence-corrected chi connectivity index (χ2v) is 13.7. The van der Waals surface area contributed by atoms with E-state index in [0.29, 0.717) is 11.5 Å². The molecule has 2 saturated heterocycles. The van der Waals surface area contributed by atoms with Crippen molar-refractivity contribution >= 4 is 46.4 Å². The van der Waals surface area contributed by atoms with Gasteiger partial charge in [0.1, 0.15) is 0 Å². The third kappa shape index (κ3) is 6.70. The van der Waals surface area contributed by atoms with Crippen LogP contribution in [0.25, 0.3) is 0 Å². The minimum Gasteiger partial charge on any atom is -0.376 e. The van der Waals surface area contributed by atoms with Crippen LogP contribution in [0.2, 0.25) is 0 Å². The Morgan fingerprint density at radius 2 is 1.26 bits per heavy atom. The van der Waals surface area contributed by atoms with E-state index in [9.17, 15) is 9.59 Å². The smallest absolute Gasteiger partial charge is 0.175 e. The highest BCUT2D eigenvalue weighted by Crippen LogP contribution is 2.31. The van der Waals surface area contributed by atoms with Crippen LogP contribution in [-0.2, 0) is 22.6 Å². The summed E-state index contributed by atoms with van der Waals surface area (Å²) in [6.07, 6.45) is 4.81. The average Bonchev–Trinajstić information content (AvgIpc) is 3.75. The van der Waals surface area contributed by atoms with Crippen LogP contribution in [0.4, 0.5) is 0 Å². The summed E-state index contributed by atoms with van der Waals surface area (Å²) in [5, 5.41) is 8.49. The van der Waals surface area contributed by atoms with Crippen molar-refractivity contribution in [2.45, 2.75) is 87.4 Å². The molecule has 3 aromatic heterocycles. The number of carbonyl (C=O) groups excluding carboxylic acids is 2. The fourth-order valence-electron chi connectivity index (χ4n) is 5.44. The molecule has 11 heteroatoms. The highest BCUT2D eigenvalue weighted by Gasteiger charge is 2.23. The Hall–Kier alpha value is -1.92. The molecular formula is C28H36N4O4S3. The molecular weight excluding hydrogens is 553 g/mol. The number of Topliss-reactive ketones (excluding diaryl/α,β-unsaturated/α-hetero) is 2. The maximum atomic E-state index is 13.0. The lowest BCUT2D eigenvalue weighted by Gasteiger charge is -2.14. The van der Waals surface area contributed by atoms with Gasteiger partial charge in [-0.25, -0.2) is 0 Å². The number of hydrogen-bond acceptors (Lipinski definition) is 9. The number of carbonyl (C=O) groups is 2. The topological polar surface area (TPSA) is 88.2 Å². The van der Waals surface area contributed by atoms with Crippen molar-refractivity contribution in [1.29, 1.82) is 0 Å². The van der Waals surface area contributed by atoms with Gasteiger partial charge in [0.05, 0.1) is 23.7 Å². The first-order valence-corrected chi connectivity index (χ1v) is 16.3. The third-order valence-corrected chi connectivity index (χ3v) is 10.8. The number of thioether (sulfide) groups is 2. The van der Waals surface area contributed by atoms with E-state index >= 15 is 0 Å². The maximum absolute atomic E-state index is 13.0. The van der Waals surface area contributed by atoms with E-state index in [1.165, 1.54) is 34.9 Å². The normalized spacial score (nSPS) is 19.3. The molecule has 0 spiro atoms. The van der Waals surface area contributed by atoms with Gasteiger partial charge in [-0.05, 0) is 65.5 Å². The highest BCUT2D eigenvalue weighted by atomic mass is 32.2. The molecule has 8 nitrogen and oxygen atoms in total. The van der Waals surface area contributed by atoms with Gasteiger partial charge in [0, 0.05) is 60.2 Å². The molecule has 0 amide bonds. The van der Waals surface area contributed by atoms with Gasteiger partial charge in [0.25, 0.3) is 0 Å². The number of hydrogen-bond donors (Lipinski definition) is 0. The van der Waals surface area contributed by atoms with Gasteiger partial charge in [0.2, 0.25) is 0 Å². The molecule has 39 heavy (non-hydrogen) atoms. The Balaban J connectivity index is 1.13. The van der Waals surface area contributed by atoms with Crippen molar-refractivity contribution in [3.8, 4) is 0 Å². The standard InChI is InChI=1S/C28H36N4O4S3/c1-17-11-23(19(3)31(17)13-21-7-5-9-35-21)25(33)15-37-27-29-30-28(39-27)38-16-26(34)24-12-18(2)32(20(24)4)14-22-8-6-10-36-22/h11-12,21-22H,5-10,13-16H2,1-4H3. The van der Waals surface area contributed by atoms with E-state index in [-0.39, 0.29) is 23.8 Å². The van der Waals surface area contributed by atoms with E-state index in [2.05, 4.69) is 19.3 Å². The molecule has 0 aliphatic carbocycles. The molecule has 0 bridgehead atoms. The average molecular weight is 589 g/mol. The van der Waals surface area contributed by atoms with Gasteiger partial charge in [-0.15, -0.1) is 10.2 Å². The maximum Gasteiger partial charge on any atom is 0.175 e. The Kier molecular flexibility index (Phi) is 9.33. The van der Waals surface area contributed by atoms with E-state index in [4.69, 9.17) is 9.47 Å². The Bertz CT molecular complexity index is 1230. The zero-order valence-electron chi connectivity index (χ0n) is 23.0. The first-order valence-electron chi connectivity index (χ1n) is 13.5. The van der Waals surface area contributed by atoms with Crippen molar-refractivity contribution in [2.75, 3.05) is 24.7 Å². The summed E-state index contributed by atoms with van der Waals surface area (Å²) in [5.74, 6) is 0.785. The first kappa shape index (κ1) is 28.6. The molecule has 0 aromatic carbocycles. The van der Waals surface area contributed by atoms with Crippen LogP contribution in [0.15, 0.2) is 20.8 Å². The van der Waals surface area contributed by atoms with Crippen molar-refractivity contribution < 1.29 is 19.1 Å². The van der Waals surface area contributed by atoms with E-state index < -0.39 is 0 Å². The second-order valence-electron chi connectivity index (χ2n) is 10.3. The Labute approximate surface area is 242 Å². The number of nitrogens with zero attached hydrogens (tertiary/aromatic N) is 4. The number of aryl methyl sites for hydroxylation is 2. The molecule has 2 aliphatic rings. The Morgan fingerprint density at radius 3 is 1.64 bits per heavy atom. The van der Waals surface area contributed by atoms with Crippen molar-refractivity contribution in [3.63, 3.8) is 0 Å². The van der Waals surface area contributed by atoms with E-state index in [1.807, 2.05) is 39.8 Å². The second kappa shape index (κ2) is 12.7. The molecule has 3 aromatic rings. The summed E-state index contributed by atoms with van der Waals surface area (Å²) < 4.78 is 17.4. The zero-order valence-corrected chi connectivity index (χ0v) is 25.5. The SMILES string of the molecule is Cc1cc(C(=O)CSc2nnc(SCC(=O)c3cc(C)n(CC4CCCO4)c3C)s2)c(C)n1CC1CCCO1. The summed E-state index contributed by atoms with van der Waals surface area (Å²) in [6.45, 7) is 11.4. The summed E-state index contributed by atoms with van der Waals surface area (Å²) in [6, 6.07) is 3.97. The molecule has 5 rings (SSSR count). The quantitative estimate of drug-likeness (QED) is 0.197. The van der Waals surface area contributed by atoms with Crippen LogP contribution >= 0.6 is 34.9 Å². The summed E-state index contributed by atoms with van der Waals surface area (Å²) >= 11 is 4.24. The predicted octanol–water partition coefficient (Wildman–Crippen LogP) is 5.68. The van der Waals surface area contributed by atoms with Crippen molar-refractivity contribution in [1.82, 2.24) is 19.3 Å². The monoisotopic (exact) mass is 588 g/mol. The first-order chi connectivity index (χ1) is 18.8. The minimum absolute atomic E-state index is 0.0876. The lowest BCUT2D eigenvalue weighted by Crippen LogP contribution is -2.17. The molecule has 0 N–H and O–H groups in total. The predicted molar refractivity (Wildman–Crippen MR) is 156 cm³/mol. The van der Waals surface area contributed by atoms with Gasteiger partial charge in [-0.1, -0.05) is 34.9 Å². The van der Waals surface area contributed by atoms with Crippen LogP contribution < -0.4 is 0 Å². The molecule has 0 saturated carbocycles. The molecule has 210 valence electrons. The summed E-state index contributed by atoms with van der Waals surface area (Å²) in [5.41, 5.74) is 5.69. The van der Waals surface area contributed by atoms with Gasteiger partial charge in [0.15, 0.2) is 20.2 Å². The van der Waals surface area contributed by atoms with Gasteiger partial charge < -0.3 is 18.6 Å². The highest BCUT2D eigenvalue weighted by molar-refractivity contribution is 8.03. The molecule has 2 atom stereocenters. The fourth-order valence-corrected chi connectivity index (χ4v) is 8.22. The van der Waals surface area contributed by atoms with Crippen molar-refractivity contribution in [2.24, 2.45) is 0 Å². The number of ether oxygens (including phenoxy) is 2. The molecule has 2 fully saturated rings. The number of ketones is 2. The molecule has 2 unspecified atom stereocenters. The lowest BCUT2D eigenvalue weighted by atomic mass is 10.2. The Morgan fingerprint density at radius 1 is 0.821 bits per heavy atom. The van der Waals surface area contributed by atoms with Gasteiger partial charge in [-0.3, -0.25) is 9.59 Å². The van der Waals surface area contributed by atoms with Crippen molar-refractivity contribution in [3.05, 3.63) is 46.0 Å². The fraction of sp³-hybridized carbons (Fsp3) is 0.571. The van der Waals surface area contributed by atoms with E-state index in [0.717, 1.165) is 94.6 Å². The zero-order chi connectivity index (χ0) is 27.5. The largest absolute Gasteiger partial charge is 0.376 e. The van der Waals surface area contributed by atoms with Gasteiger partial charge in [-0.2, -0.15) is 0 Å². The lowest BCUT2D eigenvalue weighted by molar-refractivity contribution is 0.0957. The summed E-state index contributed by atoms with van der Waals surface area (Å²) in [4.78, 5) is 26.0. The van der Waals surface area contributed by atoms with Gasteiger partial charge >= 0.3 is 0 Å². The summed E-state index contributed by atoms with van der Waals surface area (Å²) in [7, 11) is 0. The molecule has 2 aliphatic heterocycles. The van der Waals surface area contributed by atoms with Crippen LogP contribution in [0, 0.1) is 27.7 Å². The van der Waals surface area contributed by atoms with Crippen LogP contribution in [0.5, 0.6) is 0 Å². The number of aromatic nitrogens is 4. The third-order valence-electron chi connectivity index (χ3n) is 7.61. The van der Waals surface area contributed by atoms with Crippen LogP contribution in [0.1, 0.15) is 69.2 Å². The number of rotatable bonds is 12. The molecule has 0 radical (unpaired) electrons.